The number of nitrogens with two attached hydrogens (primary N) is 1. The Bertz CT molecular complexity index is 1120. The lowest BCUT2D eigenvalue weighted by molar-refractivity contribution is 0.0977. The van der Waals surface area contributed by atoms with Gasteiger partial charge in [-0.3, -0.25) is 9.59 Å². The number of phenolic OH excluding ortho intramolecular Hbond substituents is 1. The van der Waals surface area contributed by atoms with Crippen molar-refractivity contribution in [2.75, 3.05) is 5.73 Å². The summed E-state index contributed by atoms with van der Waals surface area (Å²) < 4.78 is 5.96. The molecule has 0 atom stereocenters. The van der Waals surface area contributed by atoms with E-state index in [1.54, 1.807) is 24.3 Å². The molecule has 140 valence electrons. The number of carbonyl (C=O) groups excluding carboxylic acids is 2. The van der Waals surface area contributed by atoms with Crippen LogP contribution in [0, 0.1) is 0 Å². The fourth-order valence-electron chi connectivity index (χ4n) is 3.56. The Hall–Kier alpha value is -3.60. The van der Waals surface area contributed by atoms with Crippen LogP contribution in [0.2, 0.25) is 0 Å². The molecule has 0 radical (unpaired) electrons. The summed E-state index contributed by atoms with van der Waals surface area (Å²) >= 11 is 0. The summed E-state index contributed by atoms with van der Waals surface area (Å²) in [6.45, 7) is 2.07. The summed E-state index contributed by atoms with van der Waals surface area (Å²) in [7, 11) is 0. The van der Waals surface area contributed by atoms with E-state index in [1.165, 1.54) is 6.07 Å². The van der Waals surface area contributed by atoms with E-state index in [2.05, 4.69) is 6.92 Å². The Balaban J connectivity index is 1.85. The van der Waals surface area contributed by atoms with E-state index in [0.717, 1.165) is 18.4 Å². The normalized spacial score (nSPS) is 12.5. The molecule has 1 aliphatic carbocycles. The van der Waals surface area contributed by atoms with Gasteiger partial charge in [0.25, 0.3) is 0 Å². The van der Waals surface area contributed by atoms with E-state index in [-0.39, 0.29) is 39.4 Å². The Morgan fingerprint density at radius 3 is 2.18 bits per heavy atom. The van der Waals surface area contributed by atoms with E-state index < -0.39 is 11.6 Å². The molecular weight excluding hydrogens is 354 g/mol. The van der Waals surface area contributed by atoms with E-state index in [1.807, 2.05) is 24.3 Å². The highest BCUT2D eigenvalue weighted by atomic mass is 16.5. The third-order valence-electron chi connectivity index (χ3n) is 4.89. The van der Waals surface area contributed by atoms with Crippen LogP contribution in [0.3, 0.4) is 0 Å². The van der Waals surface area contributed by atoms with Gasteiger partial charge in [0.2, 0.25) is 0 Å². The van der Waals surface area contributed by atoms with Crippen molar-refractivity contribution in [2.45, 2.75) is 19.8 Å². The van der Waals surface area contributed by atoms with Crippen LogP contribution in [-0.4, -0.2) is 16.7 Å². The van der Waals surface area contributed by atoms with E-state index in [4.69, 9.17) is 10.5 Å². The number of fused-ring (bicyclic) bond motifs is 2. The van der Waals surface area contributed by atoms with E-state index in [9.17, 15) is 14.7 Å². The van der Waals surface area contributed by atoms with Crippen LogP contribution in [0.1, 0.15) is 50.8 Å². The zero-order chi connectivity index (χ0) is 19.8. The molecule has 0 unspecified atom stereocenters. The maximum absolute atomic E-state index is 13.0. The minimum Gasteiger partial charge on any atom is -0.507 e. The van der Waals surface area contributed by atoms with Gasteiger partial charge in [-0.05, 0) is 18.1 Å². The molecule has 0 bridgehead atoms. The predicted molar refractivity (Wildman–Crippen MR) is 106 cm³/mol. The first-order chi connectivity index (χ1) is 13.5. The summed E-state index contributed by atoms with van der Waals surface area (Å²) in [6.07, 6.45) is 1.76. The first-order valence-electron chi connectivity index (χ1n) is 9.12. The lowest BCUT2D eigenvalue weighted by Crippen LogP contribution is -2.22. The molecule has 0 saturated carbocycles. The number of carbonyl (C=O) groups is 2. The first kappa shape index (κ1) is 17.8. The summed E-state index contributed by atoms with van der Waals surface area (Å²) in [6, 6.07) is 15.3. The summed E-state index contributed by atoms with van der Waals surface area (Å²) in [4.78, 5) is 25.8. The number of phenols is 1. The lowest BCUT2D eigenvalue weighted by Gasteiger charge is -2.22. The molecule has 3 aromatic rings. The fourth-order valence-corrected chi connectivity index (χ4v) is 3.56. The molecular formula is C23H19NO4. The average molecular weight is 373 g/mol. The van der Waals surface area contributed by atoms with Crippen LogP contribution in [0.5, 0.6) is 17.2 Å². The maximum Gasteiger partial charge on any atom is 0.198 e. The molecule has 0 aliphatic heterocycles. The first-order valence-corrected chi connectivity index (χ1v) is 9.12. The number of rotatable bonds is 4. The molecule has 5 nitrogen and oxygen atoms in total. The summed E-state index contributed by atoms with van der Waals surface area (Å²) in [5.41, 5.74) is 7.74. The molecule has 0 aromatic heterocycles. The Morgan fingerprint density at radius 2 is 1.50 bits per heavy atom. The molecule has 1 aliphatic rings. The second-order valence-electron chi connectivity index (χ2n) is 6.72. The number of anilines is 1. The van der Waals surface area contributed by atoms with Crippen LogP contribution in [0.4, 0.5) is 5.69 Å². The molecule has 0 amide bonds. The van der Waals surface area contributed by atoms with Gasteiger partial charge in [0, 0.05) is 17.2 Å². The van der Waals surface area contributed by atoms with Crippen molar-refractivity contribution in [3.8, 4) is 17.2 Å². The maximum atomic E-state index is 13.0. The monoisotopic (exact) mass is 373 g/mol. The molecule has 0 spiro atoms. The molecule has 3 aromatic carbocycles. The van der Waals surface area contributed by atoms with Crippen molar-refractivity contribution in [1.29, 1.82) is 0 Å². The van der Waals surface area contributed by atoms with Crippen LogP contribution in [-0.2, 0) is 6.42 Å². The Labute approximate surface area is 162 Å². The molecule has 28 heavy (non-hydrogen) atoms. The topological polar surface area (TPSA) is 89.6 Å². The standard InChI is InChI=1S/C23H19NO4/c1-2-7-13-8-3-6-11-17(13)28-18-12-16(25)19-20(21(18)24)23(27)15-10-5-4-9-14(15)22(19)26/h3-6,8-12,25H,2,7,24H2,1H3. The number of aryl methyl sites for hydroxylation is 1. The van der Waals surface area contributed by atoms with Crippen molar-refractivity contribution < 1.29 is 19.4 Å². The van der Waals surface area contributed by atoms with Gasteiger partial charge in [0.15, 0.2) is 17.3 Å². The number of hydrogen-bond donors (Lipinski definition) is 2. The van der Waals surface area contributed by atoms with Crippen LogP contribution >= 0.6 is 0 Å². The van der Waals surface area contributed by atoms with Gasteiger partial charge in [0.1, 0.15) is 11.5 Å². The van der Waals surface area contributed by atoms with Crippen molar-refractivity contribution in [3.05, 3.63) is 82.4 Å². The Kier molecular flexibility index (Phi) is 4.35. The minimum absolute atomic E-state index is 0.00771. The van der Waals surface area contributed by atoms with Crippen molar-refractivity contribution in [2.24, 2.45) is 0 Å². The second kappa shape index (κ2) is 6.85. The Morgan fingerprint density at radius 1 is 0.893 bits per heavy atom. The number of aromatic hydroxyl groups is 1. The van der Waals surface area contributed by atoms with Gasteiger partial charge < -0.3 is 15.6 Å². The molecule has 3 N–H and O–H groups in total. The lowest BCUT2D eigenvalue weighted by atomic mass is 9.82. The number of benzene rings is 3. The number of nitrogen functional groups attached to an aromatic ring is 1. The number of hydrogen-bond acceptors (Lipinski definition) is 5. The third kappa shape index (κ3) is 2.72. The van der Waals surface area contributed by atoms with Gasteiger partial charge in [-0.1, -0.05) is 55.8 Å². The highest BCUT2D eigenvalue weighted by Crippen LogP contribution is 2.42. The van der Waals surface area contributed by atoms with Gasteiger partial charge in [-0.2, -0.15) is 0 Å². The number of ketones is 2. The zero-order valence-electron chi connectivity index (χ0n) is 15.4. The predicted octanol–water partition coefficient (Wildman–Crippen LogP) is 4.49. The van der Waals surface area contributed by atoms with Crippen LogP contribution in [0.25, 0.3) is 0 Å². The number of para-hydroxylation sites is 1. The molecule has 5 heteroatoms. The quantitative estimate of drug-likeness (QED) is 0.406. The van der Waals surface area contributed by atoms with E-state index >= 15 is 0 Å². The fraction of sp³-hybridized carbons (Fsp3) is 0.130. The summed E-state index contributed by atoms with van der Waals surface area (Å²) in [5, 5.41) is 10.5. The highest BCUT2D eigenvalue weighted by molar-refractivity contribution is 6.31. The van der Waals surface area contributed by atoms with Gasteiger partial charge in [-0.15, -0.1) is 0 Å². The van der Waals surface area contributed by atoms with Gasteiger partial charge in [0.05, 0.1) is 16.8 Å². The molecule has 0 fully saturated rings. The van der Waals surface area contributed by atoms with Crippen LogP contribution < -0.4 is 10.5 Å². The SMILES string of the molecule is CCCc1ccccc1Oc1cc(O)c2c(c1N)C(=O)c1ccccc1C2=O. The third-order valence-corrected chi connectivity index (χ3v) is 4.89. The molecule has 4 rings (SSSR count). The van der Waals surface area contributed by atoms with Crippen molar-refractivity contribution >= 4 is 17.3 Å². The molecule has 0 saturated heterocycles. The highest BCUT2D eigenvalue weighted by Gasteiger charge is 2.35. The molecule has 0 heterocycles. The van der Waals surface area contributed by atoms with Gasteiger partial charge >= 0.3 is 0 Å². The summed E-state index contributed by atoms with van der Waals surface area (Å²) in [5.74, 6) is -0.386. The van der Waals surface area contributed by atoms with E-state index in [0.29, 0.717) is 5.75 Å². The minimum atomic E-state index is -0.424. The smallest absolute Gasteiger partial charge is 0.198 e. The largest absolute Gasteiger partial charge is 0.507 e. The van der Waals surface area contributed by atoms with Gasteiger partial charge in [-0.25, -0.2) is 0 Å². The zero-order valence-corrected chi connectivity index (χ0v) is 15.4. The average Bonchev–Trinajstić information content (AvgIpc) is 2.70. The number of ether oxygens (including phenoxy) is 1. The van der Waals surface area contributed by atoms with Crippen molar-refractivity contribution in [1.82, 2.24) is 0 Å². The van der Waals surface area contributed by atoms with Crippen LogP contribution in [0.15, 0.2) is 54.6 Å². The van der Waals surface area contributed by atoms with Crippen molar-refractivity contribution in [3.63, 3.8) is 0 Å². The second-order valence-corrected chi connectivity index (χ2v) is 6.72.